The molecule has 1 aliphatic rings. The van der Waals surface area contributed by atoms with Crippen LogP contribution in [0.4, 0.5) is 17.1 Å². The van der Waals surface area contributed by atoms with Crippen LogP contribution in [0, 0.1) is 11.3 Å². The molecule has 9 nitrogen and oxygen atoms in total. The van der Waals surface area contributed by atoms with Crippen LogP contribution >= 0.6 is 11.6 Å². The molecule has 4 aromatic rings. The lowest BCUT2D eigenvalue weighted by molar-refractivity contribution is -0.111. The minimum atomic E-state index is -0.390. The van der Waals surface area contributed by atoms with Gasteiger partial charge >= 0.3 is 0 Å². The predicted octanol–water partition coefficient (Wildman–Crippen LogP) is 6.64. The molecule has 0 saturated carbocycles. The van der Waals surface area contributed by atoms with Crippen molar-refractivity contribution in [2.75, 3.05) is 44.5 Å². The van der Waals surface area contributed by atoms with Crippen molar-refractivity contribution < 1.29 is 19.4 Å². The van der Waals surface area contributed by atoms with Gasteiger partial charge in [0.15, 0.2) is 0 Å². The predicted molar refractivity (Wildman–Crippen MR) is 170 cm³/mol. The summed E-state index contributed by atoms with van der Waals surface area (Å²) in [6.45, 7) is 2.97. The Morgan fingerprint density at radius 3 is 2.58 bits per heavy atom. The fourth-order valence-electron chi connectivity index (χ4n) is 4.18. The Bertz CT molecular complexity index is 1610. The van der Waals surface area contributed by atoms with Gasteiger partial charge in [-0.15, -0.1) is 0 Å². The van der Waals surface area contributed by atoms with Crippen molar-refractivity contribution in [1.29, 1.82) is 5.26 Å². The van der Waals surface area contributed by atoms with Gasteiger partial charge in [0.25, 0.3) is 0 Å². The van der Waals surface area contributed by atoms with Gasteiger partial charge in [0, 0.05) is 49.2 Å². The molecule has 3 N–H and O–H groups in total. The number of fused-ring (bicyclic) bond motifs is 1. The molecule has 0 unspecified atom stereocenters. The zero-order valence-corrected chi connectivity index (χ0v) is 24.9. The maximum absolute atomic E-state index is 12.4. The number of hydrogen-bond donors (Lipinski definition) is 3. The molecule has 10 heteroatoms. The Hall–Kier alpha value is -4.62. The Morgan fingerprint density at radius 2 is 1.93 bits per heavy atom. The van der Waals surface area contributed by atoms with Crippen LogP contribution in [0.15, 0.2) is 79.0 Å². The second-order valence-corrected chi connectivity index (χ2v) is 10.5. The second-order valence-electron chi connectivity index (χ2n) is 10.1. The summed E-state index contributed by atoms with van der Waals surface area (Å²) in [6.07, 6.45) is 7.09. The lowest BCUT2D eigenvalue weighted by atomic mass is 10.1. The van der Waals surface area contributed by atoms with E-state index in [0.717, 1.165) is 18.8 Å². The van der Waals surface area contributed by atoms with E-state index in [0.29, 0.717) is 46.2 Å². The van der Waals surface area contributed by atoms with Crippen molar-refractivity contribution in [2.45, 2.75) is 19.4 Å². The topological polar surface area (TPSA) is 120 Å². The van der Waals surface area contributed by atoms with Crippen molar-refractivity contribution in [1.82, 2.24) is 9.88 Å². The third-order valence-corrected chi connectivity index (χ3v) is 6.66. The maximum atomic E-state index is 12.4. The average Bonchev–Trinajstić information content (AvgIpc) is 3.59. The van der Waals surface area contributed by atoms with Crippen LogP contribution in [-0.4, -0.2) is 54.8 Å². The summed E-state index contributed by atoms with van der Waals surface area (Å²) in [7, 11) is 3.79. The zero-order valence-electron chi connectivity index (χ0n) is 24.1. The first-order valence-corrected chi connectivity index (χ1v) is 14.2. The molecule has 0 atom stereocenters. The number of ether oxygens (including phenoxy) is 2. The monoisotopic (exact) mass is 599 g/mol. The summed E-state index contributed by atoms with van der Waals surface area (Å²) in [5, 5.41) is 27.1. The van der Waals surface area contributed by atoms with E-state index in [1.165, 1.54) is 31.2 Å². The smallest absolute Gasteiger partial charge is 0.248 e. The number of nitrogens with one attached hydrogen (secondary N) is 2. The van der Waals surface area contributed by atoms with Gasteiger partial charge < -0.3 is 30.1 Å². The lowest BCUT2D eigenvalue weighted by Crippen LogP contribution is -2.13. The highest BCUT2D eigenvalue weighted by atomic mass is 35.5. The molecular formula is C33H34ClN5O4. The van der Waals surface area contributed by atoms with E-state index in [1.54, 1.807) is 30.3 Å². The molecule has 0 bridgehead atoms. The molecule has 43 heavy (non-hydrogen) atoms. The summed E-state index contributed by atoms with van der Waals surface area (Å²) in [5.41, 5.74) is 3.03. The zero-order chi connectivity index (χ0) is 30.6. The summed E-state index contributed by atoms with van der Waals surface area (Å²) in [6, 6.07) is 20.2. The minimum Gasteiger partial charge on any atom is -0.506 e. The number of anilines is 3. The largest absolute Gasteiger partial charge is 0.506 e. The molecule has 5 rings (SSSR count). The first-order chi connectivity index (χ1) is 20.8. The number of aromatic hydroxyl groups is 1. The van der Waals surface area contributed by atoms with Crippen LogP contribution in [0.25, 0.3) is 10.9 Å². The fraction of sp³-hybridized carbons (Fsp3) is 0.242. The molecule has 0 radical (unpaired) electrons. The Balaban J connectivity index is 0.000000767. The number of nitrogens with zero attached hydrogens (tertiary/aromatic N) is 3. The first-order valence-electron chi connectivity index (χ1n) is 13.8. The Labute approximate surface area is 256 Å². The van der Waals surface area contributed by atoms with Crippen LogP contribution in [0.2, 0.25) is 5.02 Å². The van der Waals surface area contributed by atoms with Gasteiger partial charge in [0.2, 0.25) is 5.91 Å². The number of phenolic OH excluding ortho intramolecular Hbond substituents is 1. The molecule has 1 aromatic heterocycles. The van der Waals surface area contributed by atoms with Gasteiger partial charge in [-0.2, -0.15) is 5.26 Å². The van der Waals surface area contributed by atoms with E-state index in [-0.39, 0.29) is 17.0 Å². The van der Waals surface area contributed by atoms with Gasteiger partial charge in [-0.3, -0.25) is 9.78 Å². The van der Waals surface area contributed by atoms with Gasteiger partial charge in [-0.25, -0.2) is 0 Å². The van der Waals surface area contributed by atoms with E-state index >= 15 is 0 Å². The number of halogens is 1. The highest BCUT2D eigenvalue weighted by Crippen LogP contribution is 2.37. The fourth-order valence-corrected chi connectivity index (χ4v) is 4.41. The van der Waals surface area contributed by atoms with E-state index in [1.807, 2.05) is 49.3 Å². The summed E-state index contributed by atoms with van der Waals surface area (Å²) < 4.78 is 10.8. The third-order valence-electron chi connectivity index (χ3n) is 6.37. The number of carbonyl (C=O) groups is 1. The van der Waals surface area contributed by atoms with Crippen molar-refractivity contribution in [3.05, 3.63) is 95.2 Å². The standard InChI is InChI=1S/C29H26ClN5O3.C4H8O/c1-35(2)12-6-9-28(37)34-25-14-22-24(15-26(25)36)32-17-20(16-31)29(22)33-21-10-11-27(23(30)13-21)38-18-19-7-4-3-5-8-19;1-2-4-5-3-1/h3-11,13-15,17,36H,12,18H2,1-2H3,(H,32,33)(H,34,37);1-4H2/b9-6+;. The third kappa shape index (κ3) is 9.18. The van der Waals surface area contributed by atoms with Gasteiger partial charge in [0.05, 0.1) is 27.5 Å². The van der Waals surface area contributed by atoms with Crippen LogP contribution in [-0.2, 0) is 16.1 Å². The van der Waals surface area contributed by atoms with Crippen molar-refractivity contribution in [3.63, 3.8) is 0 Å². The number of nitriles is 1. The molecule has 3 aromatic carbocycles. The molecule has 0 spiro atoms. The molecule has 222 valence electrons. The first kappa shape index (κ1) is 31.3. The molecular weight excluding hydrogens is 566 g/mol. The van der Waals surface area contributed by atoms with Crippen LogP contribution in [0.1, 0.15) is 24.0 Å². The van der Waals surface area contributed by atoms with Crippen molar-refractivity contribution in [2.24, 2.45) is 0 Å². The summed E-state index contributed by atoms with van der Waals surface area (Å²) in [4.78, 5) is 18.6. The number of likely N-dealkylation sites (N-methyl/N-ethyl adjacent to an activating group) is 1. The minimum absolute atomic E-state index is 0.141. The molecule has 1 saturated heterocycles. The molecule has 0 aliphatic carbocycles. The van der Waals surface area contributed by atoms with Crippen LogP contribution in [0.3, 0.4) is 0 Å². The number of aromatic nitrogens is 1. The number of benzene rings is 3. The van der Waals surface area contributed by atoms with Crippen molar-refractivity contribution >= 4 is 45.5 Å². The lowest BCUT2D eigenvalue weighted by Gasteiger charge is -2.15. The van der Waals surface area contributed by atoms with Crippen molar-refractivity contribution in [3.8, 4) is 17.6 Å². The summed E-state index contributed by atoms with van der Waals surface area (Å²) in [5.74, 6) is -0.00494. The van der Waals surface area contributed by atoms with E-state index in [2.05, 4.69) is 21.7 Å². The molecule has 1 fully saturated rings. The van der Waals surface area contributed by atoms with Gasteiger partial charge in [0.1, 0.15) is 24.2 Å². The van der Waals surface area contributed by atoms with Gasteiger partial charge in [-0.1, -0.05) is 48.0 Å². The highest BCUT2D eigenvalue weighted by Gasteiger charge is 2.15. The summed E-state index contributed by atoms with van der Waals surface area (Å²) >= 11 is 6.49. The van der Waals surface area contributed by atoms with Crippen LogP contribution < -0.4 is 15.4 Å². The Morgan fingerprint density at radius 1 is 1.16 bits per heavy atom. The average molecular weight is 600 g/mol. The van der Waals surface area contributed by atoms with Gasteiger partial charge in [-0.05, 0) is 56.8 Å². The van der Waals surface area contributed by atoms with E-state index in [4.69, 9.17) is 21.1 Å². The van der Waals surface area contributed by atoms with E-state index in [9.17, 15) is 15.2 Å². The molecule has 1 amide bonds. The molecule has 1 aliphatic heterocycles. The number of carbonyl (C=O) groups excluding carboxylic acids is 1. The second kappa shape index (κ2) is 15.6. The number of rotatable bonds is 9. The van der Waals surface area contributed by atoms with E-state index < -0.39 is 5.91 Å². The number of pyridine rings is 1. The maximum Gasteiger partial charge on any atom is 0.248 e. The van der Waals surface area contributed by atoms with Crippen LogP contribution in [0.5, 0.6) is 11.5 Å². The quantitative estimate of drug-likeness (QED) is 0.145. The number of amides is 1. The SMILES string of the molecule is C1CCOC1.CN(C)C/C=C/C(=O)Nc1cc2c(Nc3ccc(OCc4ccccc4)c(Cl)c3)c(C#N)cnc2cc1O. The number of hydrogen-bond acceptors (Lipinski definition) is 8. The number of phenols is 1. The Kier molecular flexibility index (Phi) is 11.3. The normalized spacial score (nSPS) is 12.5. The highest BCUT2D eigenvalue weighted by molar-refractivity contribution is 6.32. The molecule has 2 heterocycles.